The largest absolute Gasteiger partial charge is 0.502 e. The van der Waals surface area contributed by atoms with Crippen LogP contribution in [0, 0.1) is 11.8 Å². The summed E-state index contributed by atoms with van der Waals surface area (Å²) in [5.74, 6) is 5.98. The second-order valence-corrected chi connectivity index (χ2v) is 10.9. The molecule has 1 aliphatic heterocycles. The van der Waals surface area contributed by atoms with Crippen LogP contribution in [0.5, 0.6) is 5.75 Å². The Morgan fingerprint density at radius 2 is 1.74 bits per heavy atom. The van der Waals surface area contributed by atoms with Crippen molar-refractivity contribution in [1.29, 1.82) is 0 Å². The fraction of sp³-hybridized carbons (Fsp3) is 0.308. The molecule has 1 saturated heterocycles. The van der Waals surface area contributed by atoms with Crippen LogP contribution in [0.4, 0.5) is 0 Å². The molecule has 9 heteroatoms. The molecule has 1 aromatic heterocycles. The summed E-state index contributed by atoms with van der Waals surface area (Å²) < 4.78 is 23.1. The molecule has 1 fully saturated rings. The number of nitrogens with zero attached hydrogens (tertiary/aromatic N) is 1. The third kappa shape index (κ3) is 6.57. The third-order valence-corrected chi connectivity index (χ3v) is 7.85. The quantitative estimate of drug-likeness (QED) is 0.367. The second-order valence-electron chi connectivity index (χ2n) is 8.66. The standard InChI is InChI=1S/C26H27N3O5S/c30-15-22(13-24-25(31)26(32)29-17-28-24)21-9-7-19(8-10-21)2-1-18-3-5-20(6-4-18)14-27-23-11-12-35(33,34)16-23/h3-10,17,22-23,27,30-31H,11-16H2,(H,28,29,32)/t22-,23+/m1/s1. The number of aromatic amines is 1. The van der Waals surface area contributed by atoms with Gasteiger partial charge in [0.15, 0.2) is 9.84 Å². The summed E-state index contributed by atoms with van der Waals surface area (Å²) in [5, 5.41) is 23.0. The van der Waals surface area contributed by atoms with Gasteiger partial charge in [0, 0.05) is 36.1 Å². The van der Waals surface area contributed by atoms with Crippen LogP contribution >= 0.6 is 0 Å². The minimum Gasteiger partial charge on any atom is -0.502 e. The van der Waals surface area contributed by atoms with Crippen molar-refractivity contribution in [3.8, 4) is 17.6 Å². The lowest BCUT2D eigenvalue weighted by molar-refractivity contribution is 0.263. The van der Waals surface area contributed by atoms with Gasteiger partial charge in [-0.3, -0.25) is 4.79 Å². The van der Waals surface area contributed by atoms with Crippen LogP contribution in [0.1, 0.15) is 40.3 Å². The SMILES string of the molecule is O=c1[nH]cnc(C[C@H](CO)c2ccc(C#Cc3ccc(CN[C@H]4CCS(=O)(=O)C4)cc3)cc2)c1O. The fourth-order valence-corrected chi connectivity index (χ4v) is 5.71. The summed E-state index contributed by atoms with van der Waals surface area (Å²) in [7, 11) is -2.89. The number of aliphatic hydroxyl groups excluding tert-OH is 1. The zero-order valence-corrected chi connectivity index (χ0v) is 19.9. The summed E-state index contributed by atoms with van der Waals surface area (Å²) in [6.07, 6.45) is 2.13. The maximum Gasteiger partial charge on any atom is 0.293 e. The van der Waals surface area contributed by atoms with E-state index in [-0.39, 0.29) is 42.2 Å². The highest BCUT2D eigenvalue weighted by Crippen LogP contribution is 2.22. The number of hydrogen-bond donors (Lipinski definition) is 4. The number of aromatic hydroxyl groups is 1. The Morgan fingerprint density at radius 1 is 1.09 bits per heavy atom. The Bertz CT molecular complexity index is 1390. The number of aromatic nitrogens is 2. The lowest BCUT2D eigenvalue weighted by Gasteiger charge is -2.14. The molecule has 0 spiro atoms. The Labute approximate surface area is 204 Å². The van der Waals surface area contributed by atoms with Gasteiger partial charge in [0.25, 0.3) is 5.56 Å². The van der Waals surface area contributed by atoms with Crippen LogP contribution in [0.15, 0.2) is 59.7 Å². The molecule has 4 rings (SSSR count). The zero-order valence-electron chi connectivity index (χ0n) is 19.1. The minimum atomic E-state index is -2.89. The van der Waals surface area contributed by atoms with Crippen LogP contribution in [0.2, 0.25) is 0 Å². The van der Waals surface area contributed by atoms with Gasteiger partial charge in [0.2, 0.25) is 5.75 Å². The van der Waals surface area contributed by atoms with Gasteiger partial charge in [0.05, 0.1) is 30.1 Å². The summed E-state index contributed by atoms with van der Waals surface area (Å²) in [5.41, 5.74) is 3.24. The highest BCUT2D eigenvalue weighted by Gasteiger charge is 2.27. The van der Waals surface area contributed by atoms with Gasteiger partial charge in [-0.1, -0.05) is 36.1 Å². The van der Waals surface area contributed by atoms with E-state index in [9.17, 15) is 23.4 Å². The van der Waals surface area contributed by atoms with E-state index in [1.807, 2.05) is 48.5 Å². The predicted octanol–water partition coefficient (Wildman–Crippen LogP) is 1.47. The molecule has 0 bridgehead atoms. The first-order valence-electron chi connectivity index (χ1n) is 11.3. The minimum absolute atomic E-state index is 0.0187. The molecule has 1 aliphatic rings. The van der Waals surface area contributed by atoms with Crippen molar-refractivity contribution in [2.24, 2.45) is 0 Å². The number of nitrogens with one attached hydrogen (secondary N) is 2. The molecule has 2 aromatic carbocycles. The number of benzene rings is 2. The Hall–Kier alpha value is -3.45. The molecule has 2 heterocycles. The van der Waals surface area contributed by atoms with E-state index in [4.69, 9.17) is 0 Å². The second kappa shape index (κ2) is 10.9. The maximum atomic E-state index is 11.6. The van der Waals surface area contributed by atoms with Crippen molar-refractivity contribution in [3.05, 3.63) is 93.2 Å². The third-order valence-electron chi connectivity index (χ3n) is 6.08. The number of sulfone groups is 1. The first kappa shape index (κ1) is 24.7. The molecular weight excluding hydrogens is 466 g/mol. The Balaban J connectivity index is 1.35. The molecule has 4 N–H and O–H groups in total. The fourth-order valence-electron chi connectivity index (χ4n) is 4.01. The van der Waals surface area contributed by atoms with Crippen LogP contribution in [-0.2, 0) is 22.8 Å². The summed E-state index contributed by atoms with van der Waals surface area (Å²) in [6.45, 7) is 0.461. The van der Waals surface area contributed by atoms with Crippen LogP contribution in [0.25, 0.3) is 0 Å². The molecule has 182 valence electrons. The van der Waals surface area contributed by atoms with Crippen molar-refractivity contribution in [3.63, 3.8) is 0 Å². The van der Waals surface area contributed by atoms with E-state index in [2.05, 4.69) is 27.1 Å². The zero-order chi connectivity index (χ0) is 24.8. The predicted molar refractivity (Wildman–Crippen MR) is 133 cm³/mol. The summed E-state index contributed by atoms with van der Waals surface area (Å²) >= 11 is 0. The van der Waals surface area contributed by atoms with Gasteiger partial charge < -0.3 is 20.5 Å². The average molecular weight is 494 g/mol. The maximum absolute atomic E-state index is 11.6. The Morgan fingerprint density at radius 3 is 2.34 bits per heavy atom. The molecule has 35 heavy (non-hydrogen) atoms. The smallest absolute Gasteiger partial charge is 0.293 e. The lowest BCUT2D eigenvalue weighted by atomic mass is 9.94. The van der Waals surface area contributed by atoms with Crippen molar-refractivity contribution < 1.29 is 18.6 Å². The number of aliphatic hydroxyl groups is 1. The van der Waals surface area contributed by atoms with Crippen LogP contribution < -0.4 is 10.9 Å². The number of H-pyrrole nitrogens is 1. The first-order valence-corrected chi connectivity index (χ1v) is 13.2. The molecule has 0 aliphatic carbocycles. The average Bonchev–Trinajstić information content (AvgIpc) is 3.22. The van der Waals surface area contributed by atoms with Crippen molar-refractivity contribution >= 4 is 9.84 Å². The van der Waals surface area contributed by atoms with Gasteiger partial charge >= 0.3 is 0 Å². The van der Waals surface area contributed by atoms with Gasteiger partial charge in [-0.2, -0.15) is 0 Å². The summed E-state index contributed by atoms with van der Waals surface area (Å²) in [6, 6.07) is 15.3. The summed E-state index contributed by atoms with van der Waals surface area (Å²) in [4.78, 5) is 17.9. The van der Waals surface area contributed by atoms with Gasteiger partial charge in [-0.25, -0.2) is 13.4 Å². The van der Waals surface area contributed by atoms with Crippen LogP contribution in [0.3, 0.4) is 0 Å². The topological polar surface area (TPSA) is 132 Å². The molecule has 0 radical (unpaired) electrons. The molecule has 0 unspecified atom stereocenters. The molecule has 0 amide bonds. The Kier molecular flexibility index (Phi) is 7.66. The van der Waals surface area contributed by atoms with Crippen LogP contribution in [-0.4, -0.2) is 52.8 Å². The van der Waals surface area contributed by atoms with E-state index in [0.717, 1.165) is 22.3 Å². The molecule has 8 nitrogen and oxygen atoms in total. The van der Waals surface area contributed by atoms with Crippen molar-refractivity contribution in [1.82, 2.24) is 15.3 Å². The van der Waals surface area contributed by atoms with Gasteiger partial charge in [0.1, 0.15) is 0 Å². The highest BCUT2D eigenvalue weighted by molar-refractivity contribution is 7.91. The first-order chi connectivity index (χ1) is 16.8. The molecule has 2 atom stereocenters. The van der Waals surface area contributed by atoms with Crippen molar-refractivity contribution in [2.45, 2.75) is 31.3 Å². The van der Waals surface area contributed by atoms with E-state index >= 15 is 0 Å². The van der Waals surface area contributed by atoms with E-state index < -0.39 is 21.1 Å². The van der Waals surface area contributed by atoms with Crippen molar-refractivity contribution in [2.75, 3.05) is 18.1 Å². The number of rotatable bonds is 7. The highest BCUT2D eigenvalue weighted by atomic mass is 32.2. The van der Waals surface area contributed by atoms with E-state index in [1.165, 1.54) is 6.33 Å². The van der Waals surface area contributed by atoms with E-state index in [1.54, 1.807) is 0 Å². The molecule has 0 saturated carbocycles. The number of hydrogen-bond acceptors (Lipinski definition) is 7. The van der Waals surface area contributed by atoms with Gasteiger partial charge in [-0.05, 0) is 41.8 Å². The normalized spacial score (nSPS) is 17.5. The molecular formula is C26H27N3O5S. The lowest BCUT2D eigenvalue weighted by Crippen LogP contribution is -2.29. The molecule has 3 aromatic rings. The van der Waals surface area contributed by atoms with E-state index in [0.29, 0.717) is 13.0 Å². The monoisotopic (exact) mass is 493 g/mol. The van der Waals surface area contributed by atoms with Gasteiger partial charge in [-0.15, -0.1) is 0 Å².